The molecule has 0 aromatic heterocycles. The van der Waals surface area contributed by atoms with E-state index in [1.54, 1.807) is 0 Å². The van der Waals surface area contributed by atoms with Crippen molar-refractivity contribution in [3.05, 3.63) is 119 Å². The molecule has 0 N–H and O–H groups in total. The van der Waals surface area contributed by atoms with Crippen molar-refractivity contribution in [1.29, 1.82) is 0 Å². The van der Waals surface area contributed by atoms with E-state index in [1.165, 1.54) is 48.5 Å². The van der Waals surface area contributed by atoms with E-state index in [1.807, 2.05) is 0 Å². The van der Waals surface area contributed by atoms with Gasteiger partial charge in [-0.3, -0.25) is 0 Å². The van der Waals surface area contributed by atoms with E-state index in [4.69, 9.17) is 9.05 Å². The van der Waals surface area contributed by atoms with Crippen LogP contribution in [-0.2, 0) is 51.7 Å². The predicted octanol–water partition coefficient (Wildman–Crippen LogP) is 12.3. The smallest absolute Gasteiger partial charge is 0.736 e. The number of rotatable bonds is 2. The third-order valence-corrected chi connectivity index (χ3v) is 9.27. The van der Waals surface area contributed by atoms with E-state index in [9.17, 15) is 62.1 Å². The van der Waals surface area contributed by atoms with Crippen molar-refractivity contribution >= 4 is 29.4 Å². The zero-order valence-electron chi connectivity index (χ0n) is 26.2. The van der Waals surface area contributed by atoms with Crippen molar-refractivity contribution in [2.24, 2.45) is 0 Å². The summed E-state index contributed by atoms with van der Waals surface area (Å²) in [5.41, 5.74) is -10.3. The number of hydrogen-bond acceptors (Lipinski definition) is 4. The first-order valence-corrected chi connectivity index (χ1v) is 16.4. The molecule has 4 nitrogen and oxygen atoms in total. The van der Waals surface area contributed by atoms with Gasteiger partial charge in [0.05, 0.1) is 22.3 Å². The summed E-state index contributed by atoms with van der Waals surface area (Å²) in [5.74, 6) is -1.62. The van der Waals surface area contributed by atoms with Crippen LogP contribution in [0.5, 0.6) is 11.5 Å². The van der Waals surface area contributed by atoms with E-state index in [-0.39, 0.29) is 67.2 Å². The maximum atomic E-state index is 14.0. The molecule has 1 heterocycles. The van der Waals surface area contributed by atoms with Crippen LogP contribution in [0.15, 0.2) is 97.1 Å². The molecule has 0 aliphatic carbocycles. The van der Waals surface area contributed by atoms with Gasteiger partial charge in [-0.1, -0.05) is 48.5 Å². The van der Waals surface area contributed by atoms with Gasteiger partial charge in [-0.25, -0.2) is 4.57 Å². The fraction of sp³-hybridized carbons (Fsp3) is 0.111. The zero-order chi connectivity index (χ0) is 38.5. The van der Waals surface area contributed by atoms with E-state index >= 15 is 0 Å². The Kier molecular flexibility index (Phi) is 9.51. The average Bonchev–Trinajstić information content (AvgIpc) is 3.18. The van der Waals surface area contributed by atoms with Crippen molar-refractivity contribution in [1.82, 2.24) is 0 Å². The Bertz CT molecular complexity index is 2290. The second kappa shape index (κ2) is 13.1. The summed E-state index contributed by atoms with van der Waals surface area (Å²) in [6.45, 7) is 0. The zero-order valence-corrected chi connectivity index (χ0v) is 28.5. The maximum Gasteiger partial charge on any atom is 1.00 e. The van der Waals surface area contributed by atoms with Crippen LogP contribution in [0.25, 0.3) is 54.9 Å². The van der Waals surface area contributed by atoms with Crippen molar-refractivity contribution < 1.29 is 93.6 Å². The molecule has 0 saturated heterocycles. The summed E-state index contributed by atoms with van der Waals surface area (Å²) in [5, 5.41) is 0.418. The number of halogens is 12. The quantitative estimate of drug-likeness (QED) is 0.0988. The molecule has 0 amide bonds. The molecule has 1 aliphatic heterocycles. The van der Waals surface area contributed by atoms with Crippen molar-refractivity contribution in [2.45, 2.75) is 24.7 Å². The fourth-order valence-electron chi connectivity index (χ4n) is 6.24. The topological polar surface area (TPSA) is 58.6 Å². The minimum atomic E-state index is -5.86. The summed E-state index contributed by atoms with van der Waals surface area (Å²) in [7, 11) is -5.86. The molecule has 0 fully saturated rings. The van der Waals surface area contributed by atoms with Gasteiger partial charge in [0.15, 0.2) is 0 Å². The number of phosphoric acid groups is 1. The first-order chi connectivity index (χ1) is 24.5. The first kappa shape index (κ1) is 39.2. The van der Waals surface area contributed by atoms with Crippen LogP contribution in [0.4, 0.5) is 52.7 Å². The number of benzene rings is 6. The standard InChI is InChI=1S/C36H17F12O4P.Ag/c37-33(38,39)21-9-19(10-22(15-21)34(40,41)42)27-13-17-5-1-3-7-25(17)29-30-26-8-4-2-6-18(26)14-28(32(30)52-53(49,50)51-31(27)29)20-11-23(35(43,44)45)16-24(12-20)36(46,47)48;/h1-16H,(H,49,50);/q;+1/p-1. The van der Waals surface area contributed by atoms with Crippen LogP contribution in [0, 0.1) is 0 Å². The van der Waals surface area contributed by atoms with Crippen LogP contribution < -0.4 is 13.9 Å². The van der Waals surface area contributed by atoms with Crippen LogP contribution in [0.3, 0.4) is 0 Å². The van der Waals surface area contributed by atoms with Gasteiger partial charge in [0, 0.05) is 22.3 Å². The normalized spacial score (nSPS) is 14.4. The van der Waals surface area contributed by atoms with Crippen LogP contribution in [0.2, 0.25) is 0 Å². The summed E-state index contributed by atoms with van der Waals surface area (Å²) in [4.78, 5) is 13.6. The Balaban J connectivity index is 0.00000497. The Morgan fingerprint density at radius 2 is 0.759 bits per heavy atom. The second-order valence-electron chi connectivity index (χ2n) is 11.9. The van der Waals surface area contributed by atoms with E-state index in [0.29, 0.717) is 24.3 Å². The van der Waals surface area contributed by atoms with Crippen molar-refractivity contribution in [3.63, 3.8) is 0 Å². The van der Waals surface area contributed by atoms with Crippen LogP contribution in [-0.4, -0.2) is 0 Å². The number of fused-ring (bicyclic) bond motifs is 7. The number of phosphoric ester groups is 1. The van der Waals surface area contributed by atoms with Gasteiger partial charge in [0.1, 0.15) is 11.5 Å². The molecule has 18 heteroatoms. The minimum absolute atomic E-state index is 0. The molecule has 54 heavy (non-hydrogen) atoms. The molecule has 0 radical (unpaired) electrons. The van der Waals surface area contributed by atoms with Gasteiger partial charge < -0.3 is 13.9 Å². The molecular formula is C36H16AgF12O4P. The Morgan fingerprint density at radius 3 is 1.06 bits per heavy atom. The number of alkyl halides is 12. The Morgan fingerprint density at radius 1 is 0.463 bits per heavy atom. The van der Waals surface area contributed by atoms with Crippen molar-refractivity contribution in [3.8, 4) is 44.9 Å². The molecule has 0 saturated carbocycles. The predicted molar refractivity (Wildman–Crippen MR) is 167 cm³/mol. The minimum Gasteiger partial charge on any atom is -0.736 e. The molecule has 284 valence electrons. The third-order valence-electron chi connectivity index (χ3n) is 8.46. The number of hydrogen-bond donors (Lipinski definition) is 0. The fourth-order valence-corrected chi connectivity index (χ4v) is 7.10. The molecule has 0 spiro atoms. The summed E-state index contributed by atoms with van der Waals surface area (Å²) < 4.78 is 192. The van der Waals surface area contributed by atoms with E-state index in [2.05, 4.69) is 0 Å². The summed E-state index contributed by atoms with van der Waals surface area (Å²) in [6, 6.07) is 14.7. The Hall–Kier alpha value is -4.47. The van der Waals surface area contributed by atoms with Gasteiger partial charge in [-0.05, 0) is 81.2 Å². The summed E-state index contributed by atoms with van der Waals surface area (Å²) in [6.07, 6.45) is -21.2. The second-order valence-corrected chi connectivity index (χ2v) is 13.2. The Labute approximate surface area is 311 Å². The van der Waals surface area contributed by atoms with Gasteiger partial charge in [-0.2, -0.15) is 52.7 Å². The van der Waals surface area contributed by atoms with Crippen LogP contribution >= 0.6 is 7.82 Å². The van der Waals surface area contributed by atoms with Crippen LogP contribution in [0.1, 0.15) is 22.3 Å². The SMILES string of the molecule is O=P1([O-])Oc2c(-c3cc(C(F)(F)F)cc(C(F)(F)F)c3)cc3ccccc3c2-c2c(c(-c3cc(C(F)(F)F)cc(C(F)(F)F)c3)cc3ccccc23)O1.[Ag+]. The molecule has 7 rings (SSSR count). The molecule has 1 aliphatic rings. The van der Waals surface area contributed by atoms with Crippen molar-refractivity contribution in [2.75, 3.05) is 0 Å². The molecule has 0 atom stereocenters. The summed E-state index contributed by atoms with van der Waals surface area (Å²) >= 11 is 0. The molecule has 6 aromatic carbocycles. The maximum absolute atomic E-state index is 14.0. The third kappa shape index (κ3) is 7.20. The molecule has 6 aromatic rings. The van der Waals surface area contributed by atoms with Gasteiger partial charge in [0.25, 0.3) is 0 Å². The average molecular weight is 879 g/mol. The first-order valence-electron chi connectivity index (χ1n) is 14.9. The van der Waals surface area contributed by atoms with Gasteiger partial charge in [0.2, 0.25) is 0 Å². The molecular weight excluding hydrogens is 863 g/mol. The monoisotopic (exact) mass is 878 g/mol. The van der Waals surface area contributed by atoms with Gasteiger partial charge >= 0.3 is 54.9 Å². The van der Waals surface area contributed by atoms with E-state index < -0.39 is 88.5 Å². The molecule has 0 bridgehead atoms. The largest absolute Gasteiger partial charge is 1.00 e. The van der Waals surface area contributed by atoms with Gasteiger partial charge in [-0.15, -0.1) is 0 Å². The molecule has 0 unspecified atom stereocenters. The van der Waals surface area contributed by atoms with E-state index in [0.717, 1.165) is 12.1 Å².